The van der Waals surface area contributed by atoms with E-state index in [1.54, 1.807) is 0 Å². The minimum atomic E-state index is -0.489. The van der Waals surface area contributed by atoms with E-state index in [0.29, 0.717) is 31.6 Å². The van der Waals surface area contributed by atoms with Crippen molar-refractivity contribution in [3.8, 4) is 0 Å². The highest BCUT2D eigenvalue weighted by molar-refractivity contribution is 5.85. The van der Waals surface area contributed by atoms with Gasteiger partial charge in [-0.15, -0.1) is 0 Å². The van der Waals surface area contributed by atoms with Crippen LogP contribution < -0.4 is 5.32 Å². The van der Waals surface area contributed by atoms with Crippen LogP contribution in [0.1, 0.15) is 37.3 Å². The lowest BCUT2D eigenvalue weighted by atomic mass is 10.1. The van der Waals surface area contributed by atoms with Crippen molar-refractivity contribution in [1.82, 2.24) is 0 Å². The molecule has 1 aliphatic heterocycles. The van der Waals surface area contributed by atoms with Crippen molar-refractivity contribution in [1.29, 1.82) is 0 Å². The molecule has 2 atom stereocenters. The van der Waals surface area contributed by atoms with Crippen molar-refractivity contribution in [3.63, 3.8) is 0 Å². The van der Waals surface area contributed by atoms with E-state index in [1.165, 1.54) is 0 Å². The zero-order valence-electron chi connectivity index (χ0n) is 16.6. The predicted octanol–water partition coefficient (Wildman–Crippen LogP) is 4.48. The molecule has 1 fully saturated rings. The van der Waals surface area contributed by atoms with Gasteiger partial charge in [0.1, 0.15) is 6.61 Å². The van der Waals surface area contributed by atoms with Crippen molar-refractivity contribution >= 4 is 17.7 Å². The number of carbonyl (C=O) groups excluding carboxylic acids is 2. The number of benzene rings is 2. The number of amides is 1. The van der Waals surface area contributed by atoms with Crippen molar-refractivity contribution in [2.45, 2.75) is 51.4 Å². The summed E-state index contributed by atoms with van der Waals surface area (Å²) in [5.41, 5.74) is 2.64. The van der Waals surface area contributed by atoms with Crippen molar-refractivity contribution < 1.29 is 23.8 Å². The second-order valence-electron chi connectivity index (χ2n) is 7.02. The Morgan fingerprint density at radius 2 is 1.76 bits per heavy atom. The molecular weight excluding hydrogens is 370 g/mol. The van der Waals surface area contributed by atoms with Gasteiger partial charge in [-0.2, -0.15) is 0 Å². The first-order valence-corrected chi connectivity index (χ1v) is 10.0. The van der Waals surface area contributed by atoms with E-state index in [0.717, 1.165) is 17.5 Å². The molecule has 6 nitrogen and oxygen atoms in total. The number of rotatable bonds is 10. The molecule has 3 rings (SSSR count). The van der Waals surface area contributed by atoms with E-state index in [9.17, 15) is 9.59 Å². The number of anilines is 1. The van der Waals surface area contributed by atoms with Gasteiger partial charge in [0.25, 0.3) is 0 Å². The van der Waals surface area contributed by atoms with Gasteiger partial charge >= 0.3 is 12.1 Å². The second-order valence-corrected chi connectivity index (χ2v) is 7.02. The van der Waals surface area contributed by atoms with Crippen LogP contribution in [0.3, 0.4) is 0 Å². The fraction of sp³-hybridized carbons (Fsp3) is 0.391. The number of hydrogen-bond acceptors (Lipinski definition) is 5. The number of ether oxygens (including phenoxy) is 3. The van der Waals surface area contributed by atoms with Gasteiger partial charge in [0.15, 0.2) is 0 Å². The van der Waals surface area contributed by atoms with Crippen LogP contribution in [0.15, 0.2) is 54.6 Å². The summed E-state index contributed by atoms with van der Waals surface area (Å²) < 4.78 is 16.2. The molecule has 0 aliphatic carbocycles. The van der Waals surface area contributed by atoms with Gasteiger partial charge in [-0.3, -0.25) is 10.1 Å². The number of epoxide rings is 1. The summed E-state index contributed by atoms with van der Waals surface area (Å²) in [7, 11) is 0. The summed E-state index contributed by atoms with van der Waals surface area (Å²) in [5.74, 6) is -0.159. The minimum Gasteiger partial charge on any atom is -0.466 e. The van der Waals surface area contributed by atoms with E-state index in [-0.39, 0.29) is 24.8 Å². The molecule has 1 heterocycles. The quantitative estimate of drug-likeness (QED) is 0.472. The van der Waals surface area contributed by atoms with Crippen LogP contribution in [0.5, 0.6) is 0 Å². The molecule has 154 valence electrons. The molecule has 1 N–H and O–H groups in total. The SMILES string of the molecule is CCCC(=O)OCC[C@H]1O[C@H]1Cc1ccccc1NC(=O)OCc1ccccc1. The molecule has 29 heavy (non-hydrogen) atoms. The lowest BCUT2D eigenvalue weighted by Crippen LogP contribution is -2.15. The maximum absolute atomic E-state index is 12.1. The zero-order valence-corrected chi connectivity index (χ0v) is 16.6. The van der Waals surface area contributed by atoms with E-state index < -0.39 is 6.09 Å². The first-order valence-electron chi connectivity index (χ1n) is 10.0. The first kappa shape index (κ1) is 20.9. The van der Waals surface area contributed by atoms with Crippen LogP contribution >= 0.6 is 0 Å². The maximum atomic E-state index is 12.1. The molecule has 6 heteroatoms. The molecule has 1 amide bonds. The summed E-state index contributed by atoms with van der Waals surface area (Å²) in [6.45, 7) is 2.55. The zero-order chi connectivity index (χ0) is 20.5. The first-order chi connectivity index (χ1) is 14.2. The van der Waals surface area contributed by atoms with E-state index in [2.05, 4.69) is 5.32 Å². The van der Waals surface area contributed by atoms with Crippen molar-refractivity contribution in [3.05, 3.63) is 65.7 Å². The number of hydrogen-bond donors (Lipinski definition) is 1. The van der Waals surface area contributed by atoms with Crippen molar-refractivity contribution in [2.75, 3.05) is 11.9 Å². The molecule has 1 aliphatic rings. The molecule has 2 aromatic rings. The normalized spacial score (nSPS) is 17.4. The highest BCUT2D eigenvalue weighted by atomic mass is 16.6. The summed E-state index contributed by atoms with van der Waals surface area (Å²) in [6.07, 6.45) is 2.29. The molecule has 1 saturated heterocycles. The highest BCUT2D eigenvalue weighted by Crippen LogP contribution is 2.31. The number of para-hydroxylation sites is 1. The Bertz CT molecular complexity index is 808. The summed E-state index contributed by atoms with van der Waals surface area (Å²) in [5, 5.41) is 2.81. The Morgan fingerprint density at radius 1 is 1.00 bits per heavy atom. The largest absolute Gasteiger partial charge is 0.466 e. The van der Waals surface area contributed by atoms with Crippen LogP contribution in [0, 0.1) is 0 Å². The third kappa shape index (κ3) is 6.91. The second kappa shape index (κ2) is 10.6. The number of carbonyl (C=O) groups is 2. The summed E-state index contributed by atoms with van der Waals surface area (Å²) in [6, 6.07) is 17.2. The molecule has 0 unspecified atom stereocenters. The fourth-order valence-electron chi connectivity index (χ4n) is 3.08. The Kier molecular flexibility index (Phi) is 7.64. The third-order valence-electron chi connectivity index (χ3n) is 4.70. The van der Waals surface area contributed by atoms with Gasteiger partial charge < -0.3 is 14.2 Å². The van der Waals surface area contributed by atoms with Gasteiger partial charge in [-0.1, -0.05) is 55.5 Å². The van der Waals surface area contributed by atoms with Crippen LogP contribution in [0.2, 0.25) is 0 Å². The smallest absolute Gasteiger partial charge is 0.411 e. The van der Waals surface area contributed by atoms with Crippen LogP contribution in [-0.2, 0) is 32.0 Å². The van der Waals surface area contributed by atoms with Crippen molar-refractivity contribution in [2.24, 2.45) is 0 Å². The van der Waals surface area contributed by atoms with Crippen LogP contribution in [0.4, 0.5) is 10.5 Å². The lowest BCUT2D eigenvalue weighted by Gasteiger charge is -2.11. The van der Waals surface area contributed by atoms with E-state index in [1.807, 2.05) is 61.5 Å². The Hall–Kier alpha value is -2.86. The van der Waals surface area contributed by atoms with Crippen LogP contribution in [-0.4, -0.2) is 30.9 Å². The minimum absolute atomic E-state index is 0.0724. The average molecular weight is 397 g/mol. The summed E-state index contributed by atoms with van der Waals surface area (Å²) >= 11 is 0. The predicted molar refractivity (Wildman–Crippen MR) is 110 cm³/mol. The van der Waals surface area contributed by atoms with Gasteiger partial charge in [0, 0.05) is 24.9 Å². The van der Waals surface area contributed by atoms with Gasteiger partial charge in [0.2, 0.25) is 0 Å². The molecule has 0 aromatic heterocycles. The van der Waals surface area contributed by atoms with Gasteiger partial charge in [0.05, 0.1) is 18.8 Å². The van der Waals surface area contributed by atoms with E-state index >= 15 is 0 Å². The molecule has 0 radical (unpaired) electrons. The average Bonchev–Trinajstić information content (AvgIpc) is 3.46. The standard InChI is InChI=1S/C23H27NO5/c1-2-8-22(25)27-14-13-20-21(29-20)15-18-11-6-7-12-19(18)24-23(26)28-16-17-9-4-3-5-10-17/h3-7,9-12,20-21H,2,8,13-16H2,1H3,(H,24,26)/t20-,21+/m1/s1. The number of nitrogens with one attached hydrogen (secondary N) is 1. The van der Waals surface area contributed by atoms with Gasteiger partial charge in [-0.25, -0.2) is 4.79 Å². The summed E-state index contributed by atoms with van der Waals surface area (Å²) in [4.78, 5) is 23.5. The lowest BCUT2D eigenvalue weighted by molar-refractivity contribution is -0.143. The molecular formula is C23H27NO5. The maximum Gasteiger partial charge on any atom is 0.411 e. The van der Waals surface area contributed by atoms with Crippen LogP contribution in [0.25, 0.3) is 0 Å². The topological polar surface area (TPSA) is 77.2 Å². The molecule has 0 bridgehead atoms. The Morgan fingerprint density at radius 3 is 2.55 bits per heavy atom. The fourth-order valence-corrected chi connectivity index (χ4v) is 3.08. The highest BCUT2D eigenvalue weighted by Gasteiger charge is 2.38. The monoisotopic (exact) mass is 397 g/mol. The number of esters is 1. The van der Waals surface area contributed by atoms with E-state index in [4.69, 9.17) is 14.2 Å². The molecule has 0 spiro atoms. The Labute approximate surface area is 171 Å². The van der Waals surface area contributed by atoms with Gasteiger partial charge in [-0.05, 0) is 23.6 Å². The molecule has 2 aromatic carbocycles. The Balaban J connectivity index is 1.43. The third-order valence-corrected chi connectivity index (χ3v) is 4.70. The molecule has 0 saturated carbocycles.